The lowest BCUT2D eigenvalue weighted by Crippen LogP contribution is -2.33. The smallest absolute Gasteiger partial charge is 0.261 e. The van der Waals surface area contributed by atoms with E-state index in [0.29, 0.717) is 23.1 Å². The zero-order valence-electron chi connectivity index (χ0n) is 15.6. The van der Waals surface area contributed by atoms with Crippen LogP contribution in [-0.4, -0.2) is 41.1 Å². The molecule has 28 heavy (non-hydrogen) atoms. The Labute approximate surface area is 161 Å². The minimum atomic E-state index is -0.962. The molecule has 0 unspecified atom stereocenters. The summed E-state index contributed by atoms with van der Waals surface area (Å²) in [7, 11) is 1.58. The van der Waals surface area contributed by atoms with Gasteiger partial charge in [-0.1, -0.05) is 18.2 Å². The number of carbonyl (C=O) groups is 3. The number of hydrogen-bond acceptors (Lipinski definition) is 3. The van der Waals surface area contributed by atoms with E-state index in [1.807, 2.05) is 0 Å². The van der Waals surface area contributed by atoms with Gasteiger partial charge in [-0.2, -0.15) is 0 Å². The molecule has 0 radical (unpaired) electrons. The van der Waals surface area contributed by atoms with Crippen molar-refractivity contribution in [2.45, 2.75) is 25.8 Å². The lowest BCUT2D eigenvalue weighted by atomic mass is 10.1. The zero-order chi connectivity index (χ0) is 20.4. The van der Waals surface area contributed by atoms with Gasteiger partial charge in [-0.3, -0.25) is 19.3 Å². The first-order chi connectivity index (χ1) is 13.3. The molecule has 3 rings (SSSR count). The van der Waals surface area contributed by atoms with Gasteiger partial charge in [0.05, 0.1) is 17.2 Å². The van der Waals surface area contributed by atoms with Crippen LogP contribution in [0, 0.1) is 11.6 Å². The highest BCUT2D eigenvalue weighted by Gasteiger charge is 2.34. The second-order valence-corrected chi connectivity index (χ2v) is 6.77. The summed E-state index contributed by atoms with van der Waals surface area (Å²) in [5, 5.41) is 0. The molecule has 0 aliphatic carbocycles. The van der Waals surface area contributed by atoms with E-state index < -0.39 is 17.7 Å². The molecule has 1 aliphatic rings. The van der Waals surface area contributed by atoms with Crippen LogP contribution >= 0.6 is 0 Å². The number of amides is 3. The van der Waals surface area contributed by atoms with Crippen molar-refractivity contribution >= 4 is 17.7 Å². The molecule has 0 N–H and O–H groups in total. The maximum atomic E-state index is 13.4. The molecule has 0 fully saturated rings. The number of halogens is 2. The predicted octanol–water partition coefficient (Wildman–Crippen LogP) is 3.56. The highest BCUT2D eigenvalue weighted by molar-refractivity contribution is 6.21. The topological polar surface area (TPSA) is 57.7 Å². The van der Waals surface area contributed by atoms with Crippen LogP contribution in [-0.2, 0) is 4.79 Å². The van der Waals surface area contributed by atoms with E-state index in [-0.39, 0.29) is 30.7 Å². The number of carbonyl (C=O) groups excluding carboxylic acids is 3. The first-order valence-corrected chi connectivity index (χ1v) is 8.97. The van der Waals surface area contributed by atoms with Gasteiger partial charge in [0.25, 0.3) is 11.8 Å². The van der Waals surface area contributed by atoms with E-state index in [1.165, 1.54) is 11.0 Å². The van der Waals surface area contributed by atoms with Crippen LogP contribution in [0.5, 0.6) is 0 Å². The molecule has 0 bridgehead atoms. The number of fused-ring (bicyclic) bond motifs is 1. The van der Waals surface area contributed by atoms with Crippen LogP contribution in [0.2, 0.25) is 0 Å². The molecule has 1 aliphatic heterocycles. The molecule has 2 aromatic carbocycles. The van der Waals surface area contributed by atoms with Gasteiger partial charge in [-0.05, 0) is 43.2 Å². The van der Waals surface area contributed by atoms with Crippen LogP contribution in [0.4, 0.5) is 8.78 Å². The molecular weight excluding hydrogens is 366 g/mol. The maximum Gasteiger partial charge on any atom is 0.261 e. The number of imide groups is 1. The monoisotopic (exact) mass is 386 g/mol. The fourth-order valence-electron chi connectivity index (χ4n) is 3.22. The summed E-state index contributed by atoms with van der Waals surface area (Å²) in [5.41, 5.74) is 1.24. The lowest BCUT2D eigenvalue weighted by molar-refractivity contribution is -0.132. The van der Waals surface area contributed by atoms with E-state index in [1.54, 1.807) is 38.2 Å². The van der Waals surface area contributed by atoms with Crippen molar-refractivity contribution in [3.63, 3.8) is 0 Å². The summed E-state index contributed by atoms with van der Waals surface area (Å²) in [4.78, 5) is 39.6. The van der Waals surface area contributed by atoms with Gasteiger partial charge in [0.1, 0.15) is 0 Å². The van der Waals surface area contributed by atoms with E-state index >= 15 is 0 Å². The average Bonchev–Trinajstić information content (AvgIpc) is 2.94. The standard InChI is InChI=1S/C21H20F2N2O3/c1-13(14-9-10-17(22)18(23)12-14)24(2)19(26)8-5-11-25-20(27)15-6-3-4-7-16(15)21(25)28/h3-4,6-7,9-10,12-13H,5,8,11H2,1-2H3/t13-/m1/s1. The summed E-state index contributed by atoms with van der Waals surface area (Å²) in [6.07, 6.45) is 0.442. The van der Waals surface area contributed by atoms with Crippen LogP contribution in [0.25, 0.3) is 0 Å². The van der Waals surface area contributed by atoms with Crippen molar-refractivity contribution in [1.82, 2.24) is 9.80 Å². The first kappa shape index (κ1) is 19.7. The Morgan fingerprint density at radius 2 is 1.64 bits per heavy atom. The predicted molar refractivity (Wildman–Crippen MR) is 98.6 cm³/mol. The first-order valence-electron chi connectivity index (χ1n) is 8.97. The summed E-state index contributed by atoms with van der Waals surface area (Å²) in [5.74, 6) is -2.82. The fourth-order valence-corrected chi connectivity index (χ4v) is 3.22. The molecule has 0 saturated carbocycles. The second-order valence-electron chi connectivity index (χ2n) is 6.77. The number of hydrogen-bond donors (Lipinski definition) is 0. The van der Waals surface area contributed by atoms with Gasteiger partial charge in [0, 0.05) is 20.0 Å². The zero-order valence-corrected chi connectivity index (χ0v) is 15.6. The Kier molecular flexibility index (Phi) is 5.53. The molecule has 0 aromatic heterocycles. The Morgan fingerprint density at radius 3 is 2.21 bits per heavy atom. The molecule has 7 heteroatoms. The summed E-state index contributed by atoms with van der Waals surface area (Å²) >= 11 is 0. The molecule has 0 spiro atoms. The normalized spacial score (nSPS) is 14.2. The summed E-state index contributed by atoms with van der Waals surface area (Å²) < 4.78 is 26.5. The third-order valence-electron chi connectivity index (χ3n) is 5.05. The van der Waals surface area contributed by atoms with Gasteiger partial charge in [0.2, 0.25) is 5.91 Å². The van der Waals surface area contributed by atoms with Crippen molar-refractivity contribution in [2.24, 2.45) is 0 Å². The van der Waals surface area contributed by atoms with Crippen molar-refractivity contribution in [2.75, 3.05) is 13.6 Å². The quantitative estimate of drug-likeness (QED) is 0.714. The third-order valence-corrected chi connectivity index (χ3v) is 5.05. The SMILES string of the molecule is C[C@H](c1ccc(F)c(F)c1)N(C)C(=O)CCCN1C(=O)c2ccccc2C1=O. The lowest BCUT2D eigenvalue weighted by Gasteiger charge is -2.26. The van der Waals surface area contributed by atoms with Gasteiger partial charge >= 0.3 is 0 Å². The Balaban J connectivity index is 1.56. The molecule has 3 amide bonds. The van der Waals surface area contributed by atoms with Crippen LogP contribution < -0.4 is 0 Å². The highest BCUT2D eigenvalue weighted by atomic mass is 19.2. The fraction of sp³-hybridized carbons (Fsp3) is 0.286. The number of benzene rings is 2. The summed E-state index contributed by atoms with van der Waals surface area (Å²) in [6, 6.07) is 9.71. The maximum absolute atomic E-state index is 13.4. The van der Waals surface area contributed by atoms with Gasteiger partial charge in [-0.25, -0.2) is 8.78 Å². The van der Waals surface area contributed by atoms with Crippen LogP contribution in [0.3, 0.4) is 0 Å². The van der Waals surface area contributed by atoms with Crippen LogP contribution in [0.15, 0.2) is 42.5 Å². The molecule has 0 saturated heterocycles. The van der Waals surface area contributed by atoms with Crippen molar-refractivity contribution < 1.29 is 23.2 Å². The molecule has 2 aromatic rings. The van der Waals surface area contributed by atoms with Crippen LogP contribution in [0.1, 0.15) is 52.1 Å². The molecule has 1 heterocycles. The Bertz CT molecular complexity index is 910. The van der Waals surface area contributed by atoms with Crippen molar-refractivity contribution in [3.8, 4) is 0 Å². The molecule has 5 nitrogen and oxygen atoms in total. The molecular formula is C21H20F2N2O3. The Morgan fingerprint density at radius 1 is 1.04 bits per heavy atom. The number of rotatable bonds is 6. The largest absolute Gasteiger partial charge is 0.339 e. The van der Waals surface area contributed by atoms with E-state index in [0.717, 1.165) is 17.0 Å². The summed E-state index contributed by atoms with van der Waals surface area (Å²) in [6.45, 7) is 1.86. The third kappa shape index (κ3) is 3.65. The van der Waals surface area contributed by atoms with Crippen molar-refractivity contribution in [1.29, 1.82) is 0 Å². The highest BCUT2D eigenvalue weighted by Crippen LogP contribution is 2.24. The van der Waals surface area contributed by atoms with E-state index in [9.17, 15) is 23.2 Å². The van der Waals surface area contributed by atoms with Crippen molar-refractivity contribution in [3.05, 3.63) is 70.8 Å². The minimum Gasteiger partial charge on any atom is -0.339 e. The van der Waals surface area contributed by atoms with Gasteiger partial charge in [-0.15, -0.1) is 0 Å². The molecule has 146 valence electrons. The molecule has 1 atom stereocenters. The van der Waals surface area contributed by atoms with E-state index in [4.69, 9.17) is 0 Å². The van der Waals surface area contributed by atoms with Gasteiger partial charge < -0.3 is 4.90 Å². The Hall–Kier alpha value is -3.09. The van der Waals surface area contributed by atoms with Gasteiger partial charge in [0.15, 0.2) is 11.6 Å². The minimum absolute atomic E-state index is 0.123. The van der Waals surface area contributed by atoms with E-state index in [2.05, 4.69) is 0 Å². The second kappa shape index (κ2) is 7.88. The number of nitrogens with zero attached hydrogens (tertiary/aromatic N) is 2. The average molecular weight is 386 g/mol.